The van der Waals surface area contributed by atoms with Gasteiger partial charge in [0.2, 0.25) is 0 Å². The van der Waals surface area contributed by atoms with Crippen LogP contribution in [-0.2, 0) is 4.84 Å². The third kappa shape index (κ3) is 5.79. The predicted molar refractivity (Wildman–Crippen MR) is 43.7 cm³/mol. The number of hydrogen-bond acceptors (Lipinski definition) is 2. The van der Waals surface area contributed by atoms with E-state index >= 15 is 0 Å². The molecule has 0 saturated heterocycles. The van der Waals surface area contributed by atoms with E-state index in [0.717, 1.165) is 6.54 Å². The summed E-state index contributed by atoms with van der Waals surface area (Å²) in [6.07, 6.45) is 4.35. The van der Waals surface area contributed by atoms with Gasteiger partial charge in [-0.05, 0) is 20.8 Å². The average molecular weight is 143 g/mol. The lowest BCUT2D eigenvalue weighted by Gasteiger charge is -2.16. The van der Waals surface area contributed by atoms with E-state index in [2.05, 4.69) is 6.08 Å². The maximum Gasteiger partial charge on any atom is 0.0737 e. The van der Waals surface area contributed by atoms with E-state index in [-0.39, 0.29) is 6.10 Å². The van der Waals surface area contributed by atoms with E-state index in [4.69, 9.17) is 4.84 Å². The van der Waals surface area contributed by atoms with Crippen molar-refractivity contribution in [2.75, 3.05) is 13.6 Å². The van der Waals surface area contributed by atoms with Crippen molar-refractivity contribution in [1.82, 2.24) is 5.06 Å². The molecule has 0 aromatic heterocycles. The third-order valence-corrected chi connectivity index (χ3v) is 0.989. The Labute approximate surface area is 63.4 Å². The molecule has 0 unspecified atom stereocenters. The maximum absolute atomic E-state index is 5.33. The topological polar surface area (TPSA) is 12.5 Å². The summed E-state index contributed by atoms with van der Waals surface area (Å²) >= 11 is 0. The van der Waals surface area contributed by atoms with Crippen LogP contribution in [0.4, 0.5) is 0 Å². The molecule has 0 aromatic rings. The molecule has 10 heavy (non-hydrogen) atoms. The van der Waals surface area contributed by atoms with Crippen molar-refractivity contribution < 1.29 is 4.84 Å². The maximum atomic E-state index is 5.33. The number of hydrogen-bond donors (Lipinski definition) is 0. The fourth-order valence-corrected chi connectivity index (χ4v) is 0.657. The van der Waals surface area contributed by atoms with Gasteiger partial charge in [0.25, 0.3) is 0 Å². The van der Waals surface area contributed by atoms with Crippen LogP contribution in [0.25, 0.3) is 0 Å². The summed E-state index contributed by atoms with van der Waals surface area (Å²) in [5, 5.41) is 1.82. The minimum Gasteiger partial charge on any atom is -0.296 e. The summed E-state index contributed by atoms with van der Waals surface area (Å²) in [6.45, 7) is 6.90. The number of likely N-dealkylation sites (N-methyl/N-ethyl adjacent to an activating group) is 1. The fraction of sp³-hybridized carbons (Fsp3) is 0.750. The molecule has 0 atom stereocenters. The van der Waals surface area contributed by atoms with Gasteiger partial charge in [0, 0.05) is 13.6 Å². The summed E-state index contributed by atoms with van der Waals surface area (Å²) in [6, 6.07) is 0. The second-order valence-electron chi connectivity index (χ2n) is 2.53. The Morgan fingerprint density at radius 3 is 2.50 bits per heavy atom. The summed E-state index contributed by atoms with van der Waals surface area (Å²) in [5.41, 5.74) is 0. The highest BCUT2D eigenvalue weighted by atomic mass is 16.7. The zero-order chi connectivity index (χ0) is 7.98. The van der Waals surface area contributed by atoms with E-state index in [0.29, 0.717) is 0 Å². The molecular formula is C8H17NO. The van der Waals surface area contributed by atoms with Crippen LogP contribution >= 0.6 is 0 Å². The van der Waals surface area contributed by atoms with E-state index < -0.39 is 0 Å². The molecule has 0 N–H and O–H groups in total. The number of hydroxylamine groups is 2. The molecule has 0 heterocycles. The average Bonchev–Trinajstić information content (AvgIpc) is 1.82. The second kappa shape index (κ2) is 5.45. The smallest absolute Gasteiger partial charge is 0.0737 e. The van der Waals surface area contributed by atoms with Gasteiger partial charge < -0.3 is 0 Å². The molecule has 0 radical (unpaired) electrons. The van der Waals surface area contributed by atoms with Gasteiger partial charge in [-0.3, -0.25) is 4.84 Å². The Bertz CT molecular complexity index is 99.4. The lowest BCUT2D eigenvalue weighted by Crippen LogP contribution is -2.22. The van der Waals surface area contributed by atoms with Crippen LogP contribution < -0.4 is 0 Å². The molecule has 2 heteroatoms. The van der Waals surface area contributed by atoms with Gasteiger partial charge in [0.15, 0.2) is 0 Å². The van der Waals surface area contributed by atoms with Crippen molar-refractivity contribution in [2.24, 2.45) is 0 Å². The van der Waals surface area contributed by atoms with Gasteiger partial charge in [0.05, 0.1) is 6.10 Å². The molecule has 0 rings (SSSR count). The van der Waals surface area contributed by atoms with Gasteiger partial charge in [-0.25, -0.2) is 0 Å². The summed E-state index contributed by atoms with van der Waals surface area (Å²) in [4.78, 5) is 5.33. The van der Waals surface area contributed by atoms with E-state index in [9.17, 15) is 0 Å². The molecule has 0 aliphatic rings. The molecule has 0 aromatic carbocycles. The Morgan fingerprint density at radius 1 is 1.50 bits per heavy atom. The van der Waals surface area contributed by atoms with Crippen molar-refractivity contribution in [3.05, 3.63) is 12.2 Å². The highest BCUT2D eigenvalue weighted by Gasteiger charge is 1.97. The van der Waals surface area contributed by atoms with Crippen LogP contribution in [0.2, 0.25) is 0 Å². The largest absolute Gasteiger partial charge is 0.296 e. The van der Waals surface area contributed by atoms with E-state index in [1.165, 1.54) is 0 Å². The first-order chi connectivity index (χ1) is 4.66. The Hall–Kier alpha value is -0.340. The lowest BCUT2D eigenvalue weighted by atomic mass is 10.5. The van der Waals surface area contributed by atoms with Crippen LogP contribution in [0, 0.1) is 0 Å². The molecule has 0 bridgehead atoms. The standard InChI is InChI=1S/C8H17NO/c1-5-6-7-9(4)10-8(2)3/h5-6,8H,7H2,1-4H3/b6-5-. The monoisotopic (exact) mass is 143 g/mol. The quantitative estimate of drug-likeness (QED) is 0.440. The highest BCUT2D eigenvalue weighted by Crippen LogP contribution is 1.92. The van der Waals surface area contributed by atoms with Gasteiger partial charge in [-0.1, -0.05) is 12.2 Å². The highest BCUT2D eigenvalue weighted by molar-refractivity contribution is 4.78. The molecule has 0 spiro atoms. The molecule has 0 amide bonds. The van der Waals surface area contributed by atoms with Crippen LogP contribution in [0.15, 0.2) is 12.2 Å². The van der Waals surface area contributed by atoms with Crippen molar-refractivity contribution in [2.45, 2.75) is 26.9 Å². The summed E-state index contributed by atoms with van der Waals surface area (Å²) in [7, 11) is 1.93. The minimum atomic E-state index is 0.273. The van der Waals surface area contributed by atoms with Crippen molar-refractivity contribution in [3.63, 3.8) is 0 Å². The van der Waals surface area contributed by atoms with Gasteiger partial charge in [-0.2, -0.15) is 5.06 Å². The summed E-state index contributed by atoms with van der Waals surface area (Å²) < 4.78 is 0. The van der Waals surface area contributed by atoms with Gasteiger partial charge in [-0.15, -0.1) is 0 Å². The molecular weight excluding hydrogens is 126 g/mol. The van der Waals surface area contributed by atoms with Crippen LogP contribution in [0.5, 0.6) is 0 Å². The fourth-order valence-electron chi connectivity index (χ4n) is 0.657. The van der Waals surface area contributed by atoms with E-state index in [1.807, 2.05) is 39.0 Å². The lowest BCUT2D eigenvalue weighted by molar-refractivity contribution is -0.162. The van der Waals surface area contributed by atoms with Crippen molar-refractivity contribution in [1.29, 1.82) is 0 Å². The number of allylic oxidation sites excluding steroid dienone is 1. The number of rotatable bonds is 4. The summed E-state index contributed by atoms with van der Waals surface area (Å²) in [5.74, 6) is 0. The van der Waals surface area contributed by atoms with Crippen LogP contribution in [0.3, 0.4) is 0 Å². The SMILES string of the molecule is C/C=C\CN(C)OC(C)C. The normalized spacial score (nSPS) is 12.2. The molecule has 2 nitrogen and oxygen atoms in total. The molecule has 60 valence electrons. The third-order valence-electron chi connectivity index (χ3n) is 0.989. The minimum absolute atomic E-state index is 0.273. The molecule has 0 fully saturated rings. The first-order valence-electron chi connectivity index (χ1n) is 3.66. The Kier molecular flexibility index (Phi) is 5.26. The predicted octanol–water partition coefficient (Wildman–Crippen LogP) is 1.83. The van der Waals surface area contributed by atoms with Gasteiger partial charge >= 0.3 is 0 Å². The zero-order valence-corrected chi connectivity index (χ0v) is 7.29. The number of nitrogens with zero attached hydrogens (tertiary/aromatic N) is 1. The van der Waals surface area contributed by atoms with Crippen molar-refractivity contribution in [3.8, 4) is 0 Å². The van der Waals surface area contributed by atoms with Crippen LogP contribution in [-0.4, -0.2) is 24.8 Å². The zero-order valence-electron chi connectivity index (χ0n) is 7.29. The Morgan fingerprint density at radius 2 is 2.10 bits per heavy atom. The van der Waals surface area contributed by atoms with Gasteiger partial charge in [0.1, 0.15) is 0 Å². The molecule has 0 aliphatic heterocycles. The second-order valence-corrected chi connectivity index (χ2v) is 2.53. The first kappa shape index (κ1) is 9.66. The Balaban J connectivity index is 3.33. The molecule has 0 saturated carbocycles. The van der Waals surface area contributed by atoms with Crippen LogP contribution in [0.1, 0.15) is 20.8 Å². The molecule has 0 aliphatic carbocycles. The van der Waals surface area contributed by atoms with E-state index in [1.54, 1.807) is 0 Å². The first-order valence-corrected chi connectivity index (χ1v) is 3.66. The van der Waals surface area contributed by atoms with Crippen molar-refractivity contribution >= 4 is 0 Å².